The second kappa shape index (κ2) is 4.91. The molecule has 1 aliphatic carbocycles. The first kappa shape index (κ1) is 12.0. The summed E-state index contributed by atoms with van der Waals surface area (Å²) in [6.45, 7) is 1.91. The third-order valence-electron chi connectivity index (χ3n) is 3.41. The lowest BCUT2D eigenvalue weighted by atomic mass is 9.88. The van der Waals surface area contributed by atoms with Gasteiger partial charge >= 0.3 is 0 Å². The minimum absolute atomic E-state index is 0.207. The predicted molar refractivity (Wildman–Crippen MR) is 68.5 cm³/mol. The number of hydrogen-bond donors (Lipinski definition) is 0. The summed E-state index contributed by atoms with van der Waals surface area (Å²) < 4.78 is 5.25. The van der Waals surface area contributed by atoms with Gasteiger partial charge in [-0.05, 0) is 31.9 Å². The highest BCUT2D eigenvalue weighted by Crippen LogP contribution is 2.29. The summed E-state index contributed by atoms with van der Waals surface area (Å²) in [5, 5.41) is 3.94. The predicted octanol–water partition coefficient (Wildman–Crippen LogP) is 2.67. The van der Waals surface area contributed by atoms with Crippen LogP contribution in [0.15, 0.2) is 22.7 Å². The number of Topliss-reactive ketones (excluding diaryl/α,β-unsaturated/α-hetero) is 1. The van der Waals surface area contributed by atoms with Crippen molar-refractivity contribution in [3.8, 4) is 11.5 Å². The molecule has 0 saturated heterocycles. The molecule has 5 nitrogen and oxygen atoms in total. The standard InChI is InChI=1S/C14H15N3O2/c1-9-5-4-7-11(15-9)13-16-14(19-17-13)10-6-2-3-8-12(10)18/h4-5,7,10H,2-3,6,8H2,1H3. The first-order valence-corrected chi connectivity index (χ1v) is 6.54. The third-order valence-corrected chi connectivity index (χ3v) is 3.41. The van der Waals surface area contributed by atoms with Crippen LogP contribution in [-0.4, -0.2) is 20.9 Å². The Hall–Kier alpha value is -2.04. The van der Waals surface area contributed by atoms with Crippen LogP contribution >= 0.6 is 0 Å². The van der Waals surface area contributed by atoms with Crippen molar-refractivity contribution in [2.75, 3.05) is 0 Å². The van der Waals surface area contributed by atoms with Crippen molar-refractivity contribution in [2.24, 2.45) is 0 Å². The Labute approximate surface area is 111 Å². The Morgan fingerprint density at radius 3 is 2.95 bits per heavy atom. The molecule has 0 aliphatic heterocycles. The van der Waals surface area contributed by atoms with E-state index in [1.165, 1.54) is 0 Å². The smallest absolute Gasteiger partial charge is 0.237 e. The first-order valence-electron chi connectivity index (χ1n) is 6.54. The third kappa shape index (κ3) is 2.41. The summed E-state index contributed by atoms with van der Waals surface area (Å²) in [4.78, 5) is 20.5. The number of hydrogen-bond acceptors (Lipinski definition) is 5. The quantitative estimate of drug-likeness (QED) is 0.827. The monoisotopic (exact) mass is 257 g/mol. The molecule has 2 aromatic heterocycles. The van der Waals surface area contributed by atoms with Crippen LogP contribution in [0.25, 0.3) is 11.5 Å². The summed E-state index contributed by atoms with van der Waals surface area (Å²) >= 11 is 0. The van der Waals surface area contributed by atoms with Crippen LogP contribution in [-0.2, 0) is 4.79 Å². The number of aromatic nitrogens is 3. The molecule has 0 amide bonds. The molecule has 2 aromatic rings. The zero-order valence-corrected chi connectivity index (χ0v) is 10.8. The van der Waals surface area contributed by atoms with Crippen molar-refractivity contribution in [3.63, 3.8) is 0 Å². The van der Waals surface area contributed by atoms with Crippen LogP contribution in [0.5, 0.6) is 0 Å². The van der Waals surface area contributed by atoms with Crippen LogP contribution in [0, 0.1) is 6.92 Å². The lowest BCUT2D eigenvalue weighted by Gasteiger charge is -2.16. The Morgan fingerprint density at radius 2 is 2.16 bits per heavy atom. The van der Waals surface area contributed by atoms with Crippen LogP contribution in [0.1, 0.15) is 43.2 Å². The van der Waals surface area contributed by atoms with Gasteiger partial charge in [0.1, 0.15) is 11.5 Å². The second-order valence-corrected chi connectivity index (χ2v) is 4.89. The summed E-state index contributed by atoms with van der Waals surface area (Å²) in [5.41, 5.74) is 1.58. The summed E-state index contributed by atoms with van der Waals surface area (Å²) in [6, 6.07) is 5.65. The summed E-state index contributed by atoms with van der Waals surface area (Å²) in [5.74, 6) is 0.874. The molecule has 0 spiro atoms. The molecule has 0 N–H and O–H groups in total. The molecule has 1 fully saturated rings. The largest absolute Gasteiger partial charge is 0.338 e. The highest BCUT2D eigenvalue weighted by molar-refractivity contribution is 5.85. The number of ketones is 1. The molecule has 0 bridgehead atoms. The van der Waals surface area contributed by atoms with E-state index in [-0.39, 0.29) is 11.7 Å². The topological polar surface area (TPSA) is 68.9 Å². The minimum atomic E-state index is -0.222. The maximum Gasteiger partial charge on any atom is 0.237 e. The lowest BCUT2D eigenvalue weighted by molar-refractivity contribution is -0.122. The van der Waals surface area contributed by atoms with Crippen LogP contribution in [0.3, 0.4) is 0 Å². The number of carbonyl (C=O) groups excluding carboxylic acids is 1. The van der Waals surface area contributed by atoms with Crippen molar-refractivity contribution < 1.29 is 9.32 Å². The van der Waals surface area contributed by atoms with E-state index < -0.39 is 0 Å². The van der Waals surface area contributed by atoms with E-state index in [2.05, 4.69) is 15.1 Å². The molecule has 19 heavy (non-hydrogen) atoms. The van der Waals surface area contributed by atoms with E-state index in [4.69, 9.17) is 4.52 Å². The van der Waals surface area contributed by atoms with Gasteiger partial charge in [0, 0.05) is 12.1 Å². The summed E-state index contributed by atoms with van der Waals surface area (Å²) in [6.07, 6.45) is 3.43. The first-order chi connectivity index (χ1) is 9.24. The average Bonchev–Trinajstić information content (AvgIpc) is 2.89. The van der Waals surface area contributed by atoms with Crippen LogP contribution < -0.4 is 0 Å². The van der Waals surface area contributed by atoms with Crippen molar-refractivity contribution in [2.45, 2.75) is 38.5 Å². The van der Waals surface area contributed by atoms with Crippen molar-refractivity contribution in [3.05, 3.63) is 29.8 Å². The number of nitrogens with zero attached hydrogens (tertiary/aromatic N) is 3. The van der Waals surface area contributed by atoms with E-state index in [9.17, 15) is 4.79 Å². The van der Waals surface area contributed by atoms with Gasteiger partial charge in [0.2, 0.25) is 11.7 Å². The SMILES string of the molecule is Cc1cccc(-c2noc(C3CCCCC3=O)n2)n1. The zero-order chi connectivity index (χ0) is 13.2. The van der Waals surface area contributed by atoms with Gasteiger partial charge in [0.15, 0.2) is 0 Å². The molecule has 2 heterocycles. The maximum absolute atomic E-state index is 11.9. The van der Waals surface area contributed by atoms with Gasteiger partial charge < -0.3 is 4.52 Å². The molecular formula is C14H15N3O2. The zero-order valence-electron chi connectivity index (χ0n) is 10.8. The molecular weight excluding hydrogens is 242 g/mol. The van der Waals surface area contributed by atoms with Gasteiger partial charge in [0.25, 0.3) is 0 Å². The van der Waals surface area contributed by atoms with Gasteiger partial charge in [-0.25, -0.2) is 4.98 Å². The van der Waals surface area contributed by atoms with E-state index in [1.807, 2.05) is 25.1 Å². The maximum atomic E-state index is 11.9. The number of rotatable bonds is 2. The Balaban J connectivity index is 1.89. The second-order valence-electron chi connectivity index (χ2n) is 4.89. The van der Waals surface area contributed by atoms with Gasteiger partial charge in [-0.2, -0.15) is 4.98 Å². The molecule has 1 unspecified atom stereocenters. The van der Waals surface area contributed by atoms with Crippen LogP contribution in [0.2, 0.25) is 0 Å². The molecule has 0 aromatic carbocycles. The van der Waals surface area contributed by atoms with Gasteiger partial charge in [-0.1, -0.05) is 17.6 Å². The lowest BCUT2D eigenvalue weighted by Crippen LogP contribution is -2.17. The number of pyridine rings is 1. The molecule has 3 rings (SSSR count). The fraction of sp³-hybridized carbons (Fsp3) is 0.429. The van der Waals surface area contributed by atoms with Crippen molar-refractivity contribution in [1.82, 2.24) is 15.1 Å². The number of carbonyl (C=O) groups is 1. The minimum Gasteiger partial charge on any atom is -0.338 e. The Bertz CT molecular complexity index is 606. The van der Waals surface area contributed by atoms with Crippen LogP contribution in [0.4, 0.5) is 0 Å². The normalized spacial score (nSPS) is 19.6. The Morgan fingerprint density at radius 1 is 1.26 bits per heavy atom. The van der Waals surface area contributed by atoms with E-state index >= 15 is 0 Å². The van der Waals surface area contributed by atoms with Gasteiger partial charge in [-0.3, -0.25) is 4.79 Å². The fourth-order valence-electron chi connectivity index (χ4n) is 2.39. The molecule has 1 atom stereocenters. The summed E-state index contributed by atoms with van der Waals surface area (Å²) in [7, 11) is 0. The molecule has 5 heteroatoms. The average molecular weight is 257 g/mol. The molecule has 98 valence electrons. The molecule has 1 aliphatic rings. The van der Waals surface area contributed by atoms with Crippen molar-refractivity contribution >= 4 is 5.78 Å². The molecule has 1 saturated carbocycles. The van der Waals surface area contributed by atoms with E-state index in [0.717, 1.165) is 25.0 Å². The highest BCUT2D eigenvalue weighted by atomic mass is 16.5. The Kier molecular flexibility index (Phi) is 3.11. The molecule has 0 radical (unpaired) electrons. The van der Waals surface area contributed by atoms with E-state index in [0.29, 0.717) is 23.8 Å². The van der Waals surface area contributed by atoms with Gasteiger partial charge in [-0.15, -0.1) is 0 Å². The fourth-order valence-corrected chi connectivity index (χ4v) is 2.39. The van der Waals surface area contributed by atoms with E-state index in [1.54, 1.807) is 0 Å². The highest BCUT2D eigenvalue weighted by Gasteiger charge is 2.29. The number of aryl methyl sites for hydroxylation is 1. The van der Waals surface area contributed by atoms with Gasteiger partial charge in [0.05, 0.1) is 5.92 Å². The van der Waals surface area contributed by atoms with Crippen molar-refractivity contribution in [1.29, 1.82) is 0 Å².